The highest BCUT2D eigenvalue weighted by Crippen LogP contribution is 2.45. The van der Waals surface area contributed by atoms with Gasteiger partial charge in [0.05, 0.1) is 11.3 Å². The van der Waals surface area contributed by atoms with Crippen molar-refractivity contribution in [3.63, 3.8) is 0 Å². The van der Waals surface area contributed by atoms with Gasteiger partial charge in [-0.2, -0.15) is 0 Å². The molecule has 0 unspecified atom stereocenters. The molecule has 0 fully saturated rings. The summed E-state index contributed by atoms with van der Waals surface area (Å²) < 4.78 is 5.82. The molecule has 0 saturated carbocycles. The first-order valence-electron chi connectivity index (χ1n) is 3.52. The van der Waals surface area contributed by atoms with Gasteiger partial charge in [0.1, 0.15) is 4.91 Å². The van der Waals surface area contributed by atoms with E-state index in [0.29, 0.717) is 4.91 Å². The minimum Gasteiger partial charge on any atom is -0.465 e. The van der Waals surface area contributed by atoms with Crippen molar-refractivity contribution in [2.24, 2.45) is 0 Å². The van der Waals surface area contributed by atoms with E-state index in [2.05, 4.69) is 10.8 Å². The van der Waals surface area contributed by atoms with Gasteiger partial charge in [0.25, 0.3) is 0 Å². The predicted molar refractivity (Wildman–Crippen MR) is 56.1 cm³/mol. The zero-order valence-corrected chi connectivity index (χ0v) is 9.22. The summed E-state index contributed by atoms with van der Waals surface area (Å²) in [5, 5.41) is 3.87. The lowest BCUT2D eigenvalue weighted by atomic mass is 10.6. The SMILES string of the molecule is COC(=O)C1=CSc2ccsc2S1. The van der Waals surface area contributed by atoms with Gasteiger partial charge in [-0.05, 0) is 16.9 Å². The molecule has 0 aliphatic carbocycles. The Morgan fingerprint density at radius 3 is 3.15 bits per heavy atom. The molecule has 0 spiro atoms. The smallest absolute Gasteiger partial charge is 0.345 e. The summed E-state index contributed by atoms with van der Waals surface area (Å²) in [6, 6.07) is 2.06. The van der Waals surface area contributed by atoms with Crippen LogP contribution in [-0.4, -0.2) is 13.1 Å². The van der Waals surface area contributed by atoms with E-state index in [9.17, 15) is 4.79 Å². The molecule has 5 heteroatoms. The van der Waals surface area contributed by atoms with Gasteiger partial charge in [-0.25, -0.2) is 4.79 Å². The number of ether oxygens (including phenoxy) is 1. The summed E-state index contributed by atoms with van der Waals surface area (Å²) in [6.07, 6.45) is 0. The number of carbonyl (C=O) groups is 1. The lowest BCUT2D eigenvalue weighted by molar-refractivity contribution is -0.135. The fourth-order valence-corrected chi connectivity index (χ4v) is 4.11. The van der Waals surface area contributed by atoms with Crippen LogP contribution < -0.4 is 0 Å². The van der Waals surface area contributed by atoms with Gasteiger partial charge in [-0.3, -0.25) is 0 Å². The molecule has 1 aliphatic rings. The Hall–Kier alpha value is -0.390. The standard InChI is InChI=1S/C8H6O2S3/c1-10-7(9)6-4-12-5-2-3-11-8(5)13-6/h2-4H,1H3. The van der Waals surface area contributed by atoms with Crippen LogP contribution in [0.4, 0.5) is 0 Å². The van der Waals surface area contributed by atoms with Crippen LogP contribution in [0.5, 0.6) is 0 Å². The van der Waals surface area contributed by atoms with Gasteiger partial charge in [0.2, 0.25) is 0 Å². The molecule has 0 aromatic carbocycles. The second-order valence-electron chi connectivity index (χ2n) is 2.27. The van der Waals surface area contributed by atoms with Crippen LogP contribution in [0.3, 0.4) is 0 Å². The molecule has 1 aromatic rings. The Bertz CT molecular complexity index is 367. The van der Waals surface area contributed by atoms with E-state index in [-0.39, 0.29) is 5.97 Å². The van der Waals surface area contributed by atoms with Gasteiger partial charge in [0, 0.05) is 4.90 Å². The summed E-state index contributed by atoms with van der Waals surface area (Å²) in [6.45, 7) is 0. The third-order valence-electron chi connectivity index (χ3n) is 1.48. The van der Waals surface area contributed by atoms with Crippen molar-refractivity contribution in [2.75, 3.05) is 7.11 Å². The molecule has 13 heavy (non-hydrogen) atoms. The van der Waals surface area contributed by atoms with Crippen molar-refractivity contribution in [1.29, 1.82) is 0 Å². The molecule has 1 aromatic heterocycles. The average molecular weight is 230 g/mol. The number of methoxy groups -OCH3 is 1. The first-order valence-corrected chi connectivity index (χ1v) is 6.09. The lowest BCUT2D eigenvalue weighted by Gasteiger charge is -2.09. The zero-order chi connectivity index (χ0) is 9.26. The molecule has 2 nitrogen and oxygen atoms in total. The minimum atomic E-state index is -0.253. The van der Waals surface area contributed by atoms with Crippen LogP contribution in [0.25, 0.3) is 0 Å². The molecule has 0 amide bonds. The summed E-state index contributed by atoms with van der Waals surface area (Å²) >= 11 is 4.71. The number of thioether (sulfide) groups is 2. The average Bonchev–Trinajstić information content (AvgIpc) is 2.63. The zero-order valence-electron chi connectivity index (χ0n) is 6.77. The molecule has 0 bridgehead atoms. The van der Waals surface area contributed by atoms with Crippen molar-refractivity contribution in [1.82, 2.24) is 0 Å². The summed E-state index contributed by atoms with van der Waals surface area (Å²) in [5.41, 5.74) is 0. The van der Waals surface area contributed by atoms with Crippen LogP contribution >= 0.6 is 34.9 Å². The summed E-state index contributed by atoms with van der Waals surface area (Å²) in [5.74, 6) is -0.253. The number of hydrogen-bond donors (Lipinski definition) is 0. The van der Waals surface area contributed by atoms with Crippen LogP contribution in [-0.2, 0) is 9.53 Å². The number of thiophene rings is 1. The van der Waals surface area contributed by atoms with Crippen LogP contribution in [0.2, 0.25) is 0 Å². The van der Waals surface area contributed by atoms with Gasteiger partial charge >= 0.3 is 5.97 Å². The van der Waals surface area contributed by atoms with Crippen LogP contribution in [0.1, 0.15) is 0 Å². The van der Waals surface area contributed by atoms with Gasteiger partial charge in [-0.1, -0.05) is 23.5 Å². The van der Waals surface area contributed by atoms with Gasteiger partial charge < -0.3 is 4.74 Å². The molecule has 0 saturated heterocycles. The third kappa shape index (κ3) is 1.77. The van der Waals surface area contributed by atoms with Crippen LogP contribution in [0.15, 0.2) is 30.9 Å². The van der Waals surface area contributed by atoms with E-state index in [1.54, 1.807) is 23.1 Å². The second kappa shape index (κ2) is 3.77. The van der Waals surface area contributed by atoms with E-state index in [0.717, 1.165) is 0 Å². The quantitative estimate of drug-likeness (QED) is 0.693. The molecule has 0 N–H and O–H groups in total. The van der Waals surface area contributed by atoms with E-state index >= 15 is 0 Å². The Morgan fingerprint density at radius 2 is 2.38 bits per heavy atom. The lowest BCUT2D eigenvalue weighted by Crippen LogP contribution is -2.02. The van der Waals surface area contributed by atoms with Crippen molar-refractivity contribution >= 4 is 40.8 Å². The highest BCUT2D eigenvalue weighted by atomic mass is 32.2. The van der Waals surface area contributed by atoms with Crippen molar-refractivity contribution < 1.29 is 9.53 Å². The van der Waals surface area contributed by atoms with Crippen molar-refractivity contribution in [3.8, 4) is 0 Å². The van der Waals surface area contributed by atoms with Crippen LogP contribution in [0, 0.1) is 0 Å². The Morgan fingerprint density at radius 1 is 1.54 bits per heavy atom. The maximum Gasteiger partial charge on any atom is 0.345 e. The summed E-state index contributed by atoms with van der Waals surface area (Å²) in [7, 11) is 1.40. The first-order chi connectivity index (χ1) is 6.31. The second-order valence-corrected chi connectivity index (χ2v) is 5.40. The maximum atomic E-state index is 11.2. The fraction of sp³-hybridized carbons (Fsp3) is 0.125. The molecule has 0 radical (unpaired) electrons. The number of fused-ring (bicyclic) bond motifs is 1. The monoisotopic (exact) mass is 230 g/mol. The Kier molecular flexibility index (Phi) is 2.66. The van der Waals surface area contributed by atoms with Crippen molar-refractivity contribution in [3.05, 3.63) is 21.8 Å². The van der Waals surface area contributed by atoms with E-state index in [1.807, 2.05) is 10.8 Å². The molecule has 0 atom stereocenters. The molecule has 2 heterocycles. The van der Waals surface area contributed by atoms with Gasteiger partial charge in [0.15, 0.2) is 0 Å². The number of rotatable bonds is 1. The van der Waals surface area contributed by atoms with Crippen molar-refractivity contribution in [2.45, 2.75) is 9.10 Å². The molecular formula is C8H6O2S3. The maximum absolute atomic E-state index is 11.2. The molecular weight excluding hydrogens is 224 g/mol. The highest BCUT2D eigenvalue weighted by molar-refractivity contribution is 8.10. The van der Waals surface area contributed by atoms with E-state index < -0.39 is 0 Å². The van der Waals surface area contributed by atoms with E-state index in [1.165, 1.54) is 28.0 Å². The minimum absolute atomic E-state index is 0.253. The van der Waals surface area contributed by atoms with E-state index in [4.69, 9.17) is 0 Å². The third-order valence-corrected chi connectivity index (χ3v) is 4.99. The number of carbonyl (C=O) groups excluding carboxylic acids is 1. The van der Waals surface area contributed by atoms with Gasteiger partial charge in [-0.15, -0.1) is 11.3 Å². The molecule has 2 rings (SSSR count). The number of hydrogen-bond acceptors (Lipinski definition) is 5. The fourth-order valence-electron chi connectivity index (χ4n) is 0.877. The first kappa shape index (κ1) is 9.18. The molecule has 68 valence electrons. The largest absolute Gasteiger partial charge is 0.465 e. The highest BCUT2D eigenvalue weighted by Gasteiger charge is 2.19. The Balaban J connectivity index is 2.21. The number of esters is 1. The molecule has 1 aliphatic heterocycles. The summed E-state index contributed by atoms with van der Waals surface area (Å²) in [4.78, 5) is 13.1. The Labute approximate surface area is 88.4 Å². The predicted octanol–water partition coefficient (Wildman–Crippen LogP) is 2.96. The normalized spacial score (nSPS) is 14.7. The topological polar surface area (TPSA) is 26.3 Å².